The Morgan fingerprint density at radius 3 is 1.00 bits per heavy atom. The van der Waals surface area contributed by atoms with Gasteiger partial charge in [0.05, 0.1) is 21.5 Å². The van der Waals surface area contributed by atoms with Crippen LogP contribution in [0.4, 0.5) is 0 Å². The molecular weight excluding hydrogens is 1000 g/mol. The Kier molecular flexibility index (Phi) is 19.0. The van der Waals surface area contributed by atoms with Gasteiger partial charge in [-0.1, -0.05) is 18.2 Å². The molecule has 1 aromatic carbocycles. The molecule has 0 saturated carbocycles. The summed E-state index contributed by atoms with van der Waals surface area (Å²) < 4.78 is 31.7. The summed E-state index contributed by atoms with van der Waals surface area (Å²) in [6, 6.07) is 1.74. The summed E-state index contributed by atoms with van der Waals surface area (Å²) in [6.45, 7) is 9.36. The van der Waals surface area contributed by atoms with Crippen LogP contribution in [0.1, 0.15) is 78.5 Å². The van der Waals surface area contributed by atoms with Crippen LogP contribution in [0.15, 0.2) is 50.0 Å². The Labute approximate surface area is 417 Å². The number of carboxylic acid groups (broad SMARTS) is 3. The van der Waals surface area contributed by atoms with E-state index in [-0.39, 0.29) is 46.9 Å². The topological polar surface area (TPSA) is 364 Å². The van der Waals surface area contributed by atoms with E-state index in [0.29, 0.717) is 40.2 Å². The van der Waals surface area contributed by atoms with Crippen LogP contribution < -0.4 is 26.6 Å². The number of hydrogen-bond acceptors (Lipinski definition) is 23. The van der Waals surface area contributed by atoms with Gasteiger partial charge >= 0.3 is 53.7 Å². The van der Waals surface area contributed by atoms with Crippen molar-refractivity contribution in [3.05, 3.63) is 66.7 Å². The molecule has 2 unspecified atom stereocenters. The van der Waals surface area contributed by atoms with E-state index in [0.717, 1.165) is 25.6 Å². The van der Waals surface area contributed by atoms with E-state index < -0.39 is 123 Å². The molecule has 2 atom stereocenters. The number of rotatable bonds is 23. The molecule has 0 bridgehead atoms. The van der Waals surface area contributed by atoms with Crippen molar-refractivity contribution >= 4 is 101 Å². The fourth-order valence-electron chi connectivity index (χ4n) is 6.26. The number of esters is 6. The fraction of sp³-hybridized carbons (Fsp3) is 0.465. The number of aliphatic carboxylic acids is 3. The van der Waals surface area contributed by atoms with Crippen LogP contribution >= 0.6 is 35.3 Å². The first-order valence-electron chi connectivity index (χ1n) is 21.0. The summed E-state index contributed by atoms with van der Waals surface area (Å²) in [7, 11) is 0. The van der Waals surface area contributed by atoms with Gasteiger partial charge in [-0.2, -0.15) is 0 Å². The van der Waals surface area contributed by atoms with Crippen LogP contribution in [0.5, 0.6) is 0 Å². The molecule has 0 spiro atoms. The molecule has 71 heavy (non-hydrogen) atoms. The average Bonchev–Trinajstić information content (AvgIpc) is 3.20. The summed E-state index contributed by atoms with van der Waals surface area (Å²) in [5.41, 5.74) is -0.764. The quantitative estimate of drug-likeness (QED) is 0.0327. The molecule has 3 fully saturated rings. The molecule has 0 aromatic heterocycles. The minimum Gasteiger partial charge on any atom is -0.481 e. The predicted octanol–water partition coefficient (Wildman–Crippen LogP) is 0.951. The van der Waals surface area contributed by atoms with Crippen molar-refractivity contribution in [1.82, 2.24) is 26.6 Å². The third-order valence-electron chi connectivity index (χ3n) is 9.11. The number of amides is 2. The maximum Gasteiger partial charge on any atom is 0.351 e. The summed E-state index contributed by atoms with van der Waals surface area (Å²) in [6.07, 6.45) is -0.380. The van der Waals surface area contributed by atoms with Crippen molar-refractivity contribution in [2.24, 2.45) is 0 Å². The Bertz CT molecular complexity index is 2310. The molecule has 3 aliphatic heterocycles. The molecule has 386 valence electrons. The van der Waals surface area contributed by atoms with E-state index in [1.54, 1.807) is 18.2 Å². The van der Waals surface area contributed by atoms with Crippen molar-refractivity contribution in [2.75, 3.05) is 17.3 Å². The second-order valence-electron chi connectivity index (χ2n) is 16.7. The van der Waals surface area contributed by atoms with Crippen molar-refractivity contribution in [1.29, 1.82) is 0 Å². The molecule has 0 radical (unpaired) electrons. The lowest BCUT2D eigenvalue weighted by Crippen LogP contribution is -2.44. The van der Waals surface area contributed by atoms with E-state index in [4.69, 9.17) is 28.4 Å². The second-order valence-corrected chi connectivity index (χ2v) is 19.8. The molecule has 25 nitrogen and oxygen atoms in total. The summed E-state index contributed by atoms with van der Waals surface area (Å²) in [4.78, 5) is 139. The van der Waals surface area contributed by atoms with Gasteiger partial charge in [0, 0.05) is 92.3 Å². The molecule has 1 aromatic rings. The van der Waals surface area contributed by atoms with Crippen LogP contribution in [-0.4, -0.2) is 128 Å². The molecule has 0 aliphatic carbocycles. The number of carbonyl (C=O) groups excluding carboxylic acids is 8. The Morgan fingerprint density at radius 1 is 0.493 bits per heavy atom. The monoisotopic (exact) mass is 1050 g/mol. The highest BCUT2D eigenvalue weighted by molar-refractivity contribution is 8.03. The average molecular weight is 1050 g/mol. The maximum absolute atomic E-state index is 13.3. The first kappa shape index (κ1) is 56.6. The minimum absolute atomic E-state index is 0.111. The van der Waals surface area contributed by atoms with Crippen molar-refractivity contribution in [3.8, 4) is 0 Å². The largest absolute Gasteiger partial charge is 0.481 e. The van der Waals surface area contributed by atoms with Crippen molar-refractivity contribution < 1.29 is 96.5 Å². The smallest absolute Gasteiger partial charge is 0.351 e. The number of thioether (sulfide) groups is 3. The van der Waals surface area contributed by atoms with E-state index >= 15 is 0 Å². The standard InChI is InChI=1S/C43H51N5O20S3/c1-19(49)47-24(33(53)54)17-70-31(28-37(59)65-42(5,6)66-38(28)60)45-15-22-11-21(14-44-30(69-10-9-26(51)52)27-35(57)63-41(3,4)64-36(27)58)12-23(13-22)16-46-32(71-18-25(34(55)56)48-20(2)50)29-39(61)67-43(7,8)68-40(29)62/h11-13,24-25,44-46H,9-10,14-18H2,1-8H3,(H,47,49)(H,48,50)(H,51,52)(H,53,54)(H,55,56). The number of cyclic esters (lactones) is 6. The molecule has 3 saturated heterocycles. The van der Waals surface area contributed by atoms with Gasteiger partial charge in [-0.05, 0) is 16.7 Å². The first-order valence-corrected chi connectivity index (χ1v) is 24.0. The van der Waals surface area contributed by atoms with Gasteiger partial charge in [0.1, 0.15) is 12.1 Å². The van der Waals surface area contributed by atoms with Gasteiger partial charge in [0.15, 0.2) is 16.7 Å². The highest BCUT2D eigenvalue weighted by Gasteiger charge is 2.44. The SMILES string of the molecule is CC(=O)NC(CSC(NCc1cc(CNC(SCCC(=O)O)=C2C(=O)OC(C)(C)OC2=O)cc(CNC(SCC(NC(C)=O)C(=O)O)=C2C(=O)OC(C)(C)OC2=O)c1)=C1C(=O)OC(C)(C)OC1=O)C(=O)O. The van der Waals surface area contributed by atoms with Gasteiger partial charge in [-0.25, -0.2) is 38.4 Å². The van der Waals surface area contributed by atoms with Crippen molar-refractivity contribution in [2.45, 2.75) is 111 Å². The van der Waals surface area contributed by atoms with Crippen LogP contribution in [0.25, 0.3) is 0 Å². The normalized spacial score (nSPS) is 17.6. The van der Waals surface area contributed by atoms with Crippen LogP contribution in [-0.2, 0) is 101 Å². The lowest BCUT2D eigenvalue weighted by molar-refractivity contribution is -0.224. The Hall–Kier alpha value is -6.94. The van der Waals surface area contributed by atoms with E-state index in [9.17, 15) is 68.1 Å². The van der Waals surface area contributed by atoms with Gasteiger partial charge in [0.2, 0.25) is 11.8 Å². The molecule has 4 rings (SSSR count). The fourth-order valence-corrected chi connectivity index (χ4v) is 9.31. The molecule has 3 aliphatic rings. The van der Waals surface area contributed by atoms with Gasteiger partial charge in [-0.15, -0.1) is 35.3 Å². The van der Waals surface area contributed by atoms with Gasteiger partial charge in [-0.3, -0.25) is 14.4 Å². The predicted molar refractivity (Wildman–Crippen MR) is 247 cm³/mol. The number of nitrogens with one attached hydrogen (secondary N) is 5. The second kappa shape index (κ2) is 23.8. The number of carboxylic acids is 3. The number of carbonyl (C=O) groups is 11. The zero-order chi connectivity index (χ0) is 53.2. The van der Waals surface area contributed by atoms with Crippen LogP contribution in [0, 0.1) is 0 Å². The molecule has 2 amide bonds. The Morgan fingerprint density at radius 2 is 0.761 bits per heavy atom. The minimum atomic E-state index is -1.66. The van der Waals surface area contributed by atoms with E-state index in [2.05, 4.69) is 26.6 Å². The lowest BCUT2D eigenvalue weighted by Gasteiger charge is -2.31. The highest BCUT2D eigenvalue weighted by Crippen LogP contribution is 2.32. The highest BCUT2D eigenvalue weighted by atomic mass is 32.2. The zero-order valence-corrected chi connectivity index (χ0v) is 41.8. The molecule has 28 heteroatoms. The molecular formula is C43H51N5O20S3. The number of ether oxygens (including phenoxy) is 6. The van der Waals surface area contributed by atoms with Crippen LogP contribution in [0.3, 0.4) is 0 Å². The first-order chi connectivity index (χ1) is 33.0. The zero-order valence-electron chi connectivity index (χ0n) is 39.3. The van der Waals surface area contributed by atoms with Gasteiger partial charge in [0.25, 0.3) is 17.4 Å². The maximum atomic E-state index is 13.3. The lowest BCUT2D eigenvalue weighted by atomic mass is 10.0. The summed E-state index contributed by atoms with van der Waals surface area (Å²) >= 11 is 2.15. The van der Waals surface area contributed by atoms with E-state index in [1.807, 2.05) is 0 Å². The Balaban J connectivity index is 1.82. The summed E-state index contributed by atoms with van der Waals surface area (Å²) in [5.74, 6) is -17.9. The third-order valence-corrected chi connectivity index (χ3v) is 12.4. The molecule has 8 N–H and O–H groups in total. The number of benzene rings is 1. The molecule has 3 heterocycles. The van der Waals surface area contributed by atoms with Crippen molar-refractivity contribution in [3.63, 3.8) is 0 Å². The van der Waals surface area contributed by atoms with E-state index in [1.165, 1.54) is 41.5 Å². The summed E-state index contributed by atoms with van der Waals surface area (Å²) in [5, 5.41) is 41.7. The van der Waals surface area contributed by atoms with Gasteiger partial charge < -0.3 is 70.3 Å². The van der Waals surface area contributed by atoms with Crippen LogP contribution in [0.2, 0.25) is 0 Å². The third kappa shape index (κ3) is 16.9. The number of hydrogen-bond donors (Lipinski definition) is 8.